The van der Waals surface area contributed by atoms with E-state index < -0.39 is 12.0 Å². The predicted octanol–water partition coefficient (Wildman–Crippen LogP) is 0.280. The first kappa shape index (κ1) is 12.8. The van der Waals surface area contributed by atoms with Crippen molar-refractivity contribution in [2.24, 2.45) is 0 Å². The standard InChI is InChI=1S/C10H18N2O4/c1-7-6-12(4-3-5-16-7)10(15)11-8(2)9(13)14/h7-8H,3-6H2,1-2H3,(H,11,15)(H,13,14)/t7?,8-/m0/s1. The highest BCUT2D eigenvalue weighted by Crippen LogP contribution is 2.05. The molecule has 0 saturated carbocycles. The number of urea groups is 1. The number of rotatable bonds is 2. The molecule has 0 aliphatic carbocycles. The maximum absolute atomic E-state index is 11.7. The van der Waals surface area contributed by atoms with E-state index in [9.17, 15) is 9.59 Å². The van der Waals surface area contributed by atoms with Crippen LogP contribution >= 0.6 is 0 Å². The Morgan fingerprint density at radius 3 is 2.88 bits per heavy atom. The molecule has 1 unspecified atom stereocenters. The fourth-order valence-corrected chi connectivity index (χ4v) is 1.52. The number of nitrogens with one attached hydrogen (secondary N) is 1. The molecule has 0 aromatic rings. The highest BCUT2D eigenvalue weighted by molar-refractivity contribution is 5.82. The van der Waals surface area contributed by atoms with Crippen molar-refractivity contribution >= 4 is 12.0 Å². The number of carbonyl (C=O) groups excluding carboxylic acids is 1. The monoisotopic (exact) mass is 230 g/mol. The fourth-order valence-electron chi connectivity index (χ4n) is 1.52. The van der Waals surface area contributed by atoms with Crippen molar-refractivity contribution < 1.29 is 19.4 Å². The van der Waals surface area contributed by atoms with E-state index in [0.29, 0.717) is 19.7 Å². The van der Waals surface area contributed by atoms with Gasteiger partial charge < -0.3 is 20.1 Å². The summed E-state index contributed by atoms with van der Waals surface area (Å²) in [7, 11) is 0. The minimum Gasteiger partial charge on any atom is -0.480 e. The molecule has 0 spiro atoms. The molecule has 6 nitrogen and oxygen atoms in total. The lowest BCUT2D eigenvalue weighted by molar-refractivity contribution is -0.138. The second kappa shape index (κ2) is 5.69. The van der Waals surface area contributed by atoms with Crippen LogP contribution in [0.25, 0.3) is 0 Å². The van der Waals surface area contributed by atoms with Crippen LogP contribution in [0.2, 0.25) is 0 Å². The third-order valence-electron chi connectivity index (χ3n) is 2.45. The number of carbonyl (C=O) groups is 2. The zero-order chi connectivity index (χ0) is 12.1. The quantitative estimate of drug-likeness (QED) is 0.714. The van der Waals surface area contributed by atoms with Crippen LogP contribution in [0.5, 0.6) is 0 Å². The van der Waals surface area contributed by atoms with Gasteiger partial charge in [0.25, 0.3) is 0 Å². The van der Waals surface area contributed by atoms with Gasteiger partial charge in [-0.25, -0.2) is 4.79 Å². The normalized spacial score (nSPS) is 23.4. The summed E-state index contributed by atoms with van der Waals surface area (Å²) in [6.45, 7) is 5.07. The molecule has 1 saturated heterocycles. The fraction of sp³-hybridized carbons (Fsp3) is 0.800. The summed E-state index contributed by atoms with van der Waals surface area (Å²) in [5, 5.41) is 11.1. The number of hydrogen-bond acceptors (Lipinski definition) is 3. The molecule has 1 aliphatic rings. The van der Waals surface area contributed by atoms with Crippen LogP contribution < -0.4 is 5.32 Å². The van der Waals surface area contributed by atoms with Crippen molar-refractivity contribution in [3.8, 4) is 0 Å². The lowest BCUT2D eigenvalue weighted by Gasteiger charge is -2.23. The van der Waals surface area contributed by atoms with Gasteiger partial charge in [-0.2, -0.15) is 0 Å². The van der Waals surface area contributed by atoms with Gasteiger partial charge in [-0.15, -0.1) is 0 Å². The maximum atomic E-state index is 11.7. The van der Waals surface area contributed by atoms with E-state index in [0.717, 1.165) is 6.42 Å². The molecule has 2 amide bonds. The van der Waals surface area contributed by atoms with Gasteiger partial charge in [0.2, 0.25) is 0 Å². The molecule has 0 aromatic heterocycles. The van der Waals surface area contributed by atoms with Crippen LogP contribution in [-0.4, -0.2) is 53.8 Å². The van der Waals surface area contributed by atoms with E-state index in [2.05, 4.69) is 5.32 Å². The SMILES string of the molecule is CC1CN(C(=O)N[C@@H](C)C(=O)O)CCCO1. The van der Waals surface area contributed by atoms with E-state index in [-0.39, 0.29) is 12.1 Å². The van der Waals surface area contributed by atoms with E-state index in [1.54, 1.807) is 4.90 Å². The van der Waals surface area contributed by atoms with Gasteiger partial charge in [0.05, 0.1) is 6.10 Å². The summed E-state index contributed by atoms with van der Waals surface area (Å²) in [6.07, 6.45) is 0.771. The Morgan fingerprint density at radius 2 is 2.25 bits per heavy atom. The summed E-state index contributed by atoms with van der Waals surface area (Å²) >= 11 is 0. The maximum Gasteiger partial charge on any atom is 0.325 e. The lowest BCUT2D eigenvalue weighted by Crippen LogP contribution is -2.48. The van der Waals surface area contributed by atoms with E-state index in [4.69, 9.17) is 9.84 Å². The smallest absolute Gasteiger partial charge is 0.325 e. The molecule has 16 heavy (non-hydrogen) atoms. The summed E-state index contributed by atoms with van der Waals surface area (Å²) < 4.78 is 5.40. The predicted molar refractivity (Wildman–Crippen MR) is 57.2 cm³/mol. The largest absolute Gasteiger partial charge is 0.480 e. The zero-order valence-corrected chi connectivity index (χ0v) is 9.60. The minimum absolute atomic E-state index is 0.00613. The van der Waals surface area contributed by atoms with E-state index in [1.165, 1.54) is 6.92 Å². The first-order valence-electron chi connectivity index (χ1n) is 5.40. The molecule has 1 heterocycles. The molecule has 1 aliphatic heterocycles. The summed E-state index contributed by atoms with van der Waals surface area (Å²) in [6, 6.07) is -1.21. The Balaban J connectivity index is 2.48. The molecule has 92 valence electrons. The van der Waals surface area contributed by atoms with Crippen LogP contribution in [-0.2, 0) is 9.53 Å². The van der Waals surface area contributed by atoms with Crippen molar-refractivity contribution in [3.63, 3.8) is 0 Å². The lowest BCUT2D eigenvalue weighted by atomic mass is 10.3. The number of amides is 2. The van der Waals surface area contributed by atoms with Crippen LogP contribution in [0.15, 0.2) is 0 Å². The highest BCUT2D eigenvalue weighted by atomic mass is 16.5. The third kappa shape index (κ3) is 3.69. The van der Waals surface area contributed by atoms with Gasteiger partial charge in [-0.05, 0) is 20.3 Å². The zero-order valence-electron chi connectivity index (χ0n) is 9.60. The average molecular weight is 230 g/mol. The minimum atomic E-state index is -1.03. The number of nitrogens with zero attached hydrogens (tertiary/aromatic N) is 1. The summed E-state index contributed by atoms with van der Waals surface area (Å²) in [5.41, 5.74) is 0. The number of carboxylic acid groups (broad SMARTS) is 1. The van der Waals surface area contributed by atoms with Gasteiger partial charge in [0.15, 0.2) is 0 Å². The third-order valence-corrected chi connectivity index (χ3v) is 2.45. The first-order valence-corrected chi connectivity index (χ1v) is 5.40. The molecule has 6 heteroatoms. The van der Waals surface area contributed by atoms with Crippen molar-refractivity contribution in [3.05, 3.63) is 0 Å². The van der Waals surface area contributed by atoms with Gasteiger partial charge in [-0.1, -0.05) is 0 Å². The number of ether oxygens (including phenoxy) is 1. The van der Waals surface area contributed by atoms with Gasteiger partial charge >= 0.3 is 12.0 Å². The Kier molecular flexibility index (Phi) is 4.54. The highest BCUT2D eigenvalue weighted by Gasteiger charge is 2.22. The van der Waals surface area contributed by atoms with Crippen molar-refractivity contribution in [2.45, 2.75) is 32.4 Å². The summed E-state index contributed by atoms with van der Waals surface area (Å²) in [5.74, 6) is -1.03. The van der Waals surface area contributed by atoms with E-state index >= 15 is 0 Å². The first-order chi connectivity index (χ1) is 7.50. The molecular formula is C10H18N2O4. The van der Waals surface area contributed by atoms with Crippen molar-refractivity contribution in [1.29, 1.82) is 0 Å². The van der Waals surface area contributed by atoms with Crippen molar-refractivity contribution in [2.75, 3.05) is 19.7 Å². The molecule has 1 fully saturated rings. The van der Waals surface area contributed by atoms with Crippen LogP contribution in [0.1, 0.15) is 20.3 Å². The molecule has 2 N–H and O–H groups in total. The molecule has 1 rings (SSSR count). The Hall–Kier alpha value is -1.30. The molecule has 0 aromatic carbocycles. The van der Waals surface area contributed by atoms with Crippen LogP contribution in [0, 0.1) is 0 Å². The number of carboxylic acids is 1. The van der Waals surface area contributed by atoms with Gasteiger partial charge in [-0.3, -0.25) is 4.79 Å². The molecule has 0 bridgehead atoms. The Labute approximate surface area is 94.6 Å². The second-order valence-electron chi connectivity index (χ2n) is 3.99. The second-order valence-corrected chi connectivity index (χ2v) is 3.99. The Bertz CT molecular complexity index is 270. The molecule has 2 atom stereocenters. The average Bonchev–Trinajstić information content (AvgIpc) is 2.42. The van der Waals surface area contributed by atoms with Gasteiger partial charge in [0.1, 0.15) is 6.04 Å². The topological polar surface area (TPSA) is 78.9 Å². The Morgan fingerprint density at radius 1 is 1.56 bits per heavy atom. The van der Waals surface area contributed by atoms with Crippen LogP contribution in [0.4, 0.5) is 4.79 Å². The van der Waals surface area contributed by atoms with Crippen molar-refractivity contribution in [1.82, 2.24) is 10.2 Å². The summed E-state index contributed by atoms with van der Waals surface area (Å²) in [4.78, 5) is 23.9. The number of aliphatic carboxylic acids is 1. The van der Waals surface area contributed by atoms with Crippen LogP contribution in [0.3, 0.4) is 0 Å². The number of hydrogen-bond donors (Lipinski definition) is 2. The molecular weight excluding hydrogens is 212 g/mol. The molecule has 0 radical (unpaired) electrons. The van der Waals surface area contributed by atoms with Gasteiger partial charge in [0, 0.05) is 19.7 Å². The van der Waals surface area contributed by atoms with E-state index in [1.807, 2.05) is 6.92 Å².